The van der Waals surface area contributed by atoms with Crippen molar-refractivity contribution in [2.45, 2.75) is 0 Å². The van der Waals surface area contributed by atoms with Crippen LogP contribution < -0.4 is 10.6 Å². The highest BCUT2D eigenvalue weighted by atomic mass is 15.2. The predicted molar refractivity (Wildman–Crippen MR) is 49.4 cm³/mol. The minimum absolute atomic E-state index is 0.442. The molecule has 0 aromatic carbocycles. The van der Waals surface area contributed by atoms with Gasteiger partial charge in [-0.3, -0.25) is 5.32 Å². The molecule has 0 unspecified atom stereocenters. The van der Waals surface area contributed by atoms with Gasteiger partial charge in [-0.2, -0.15) is 5.26 Å². The molecule has 4 nitrogen and oxygen atoms in total. The van der Waals surface area contributed by atoms with Gasteiger partial charge >= 0.3 is 0 Å². The van der Waals surface area contributed by atoms with Crippen molar-refractivity contribution in [2.24, 2.45) is 4.99 Å². The standard InChI is InChI=1S/C8H12N4/c1-3-5-10-8(12-7-9)11-6-4-2/h3-4H,1-2,5-6H2,(H2,10,11,12). The zero-order chi connectivity index (χ0) is 9.23. The van der Waals surface area contributed by atoms with E-state index in [2.05, 4.69) is 28.8 Å². The van der Waals surface area contributed by atoms with E-state index in [9.17, 15) is 0 Å². The van der Waals surface area contributed by atoms with E-state index in [1.807, 2.05) is 0 Å². The highest BCUT2D eigenvalue weighted by molar-refractivity contribution is 5.81. The fourth-order valence-corrected chi connectivity index (χ4v) is 0.517. The van der Waals surface area contributed by atoms with Gasteiger partial charge < -0.3 is 5.32 Å². The van der Waals surface area contributed by atoms with Crippen molar-refractivity contribution in [3.05, 3.63) is 25.3 Å². The van der Waals surface area contributed by atoms with Crippen molar-refractivity contribution in [1.82, 2.24) is 10.6 Å². The van der Waals surface area contributed by atoms with Gasteiger partial charge in [-0.05, 0) is 0 Å². The maximum Gasteiger partial charge on any atom is 0.205 e. The molecule has 64 valence electrons. The summed E-state index contributed by atoms with van der Waals surface area (Å²) in [6.45, 7) is 8.09. The van der Waals surface area contributed by atoms with Crippen molar-refractivity contribution >= 4 is 5.96 Å². The molecule has 0 aliphatic carbocycles. The van der Waals surface area contributed by atoms with Gasteiger partial charge in [0.05, 0.1) is 6.54 Å². The number of hydrogen-bond acceptors (Lipinski definition) is 2. The maximum atomic E-state index is 8.30. The van der Waals surface area contributed by atoms with Crippen LogP contribution in [0.15, 0.2) is 30.3 Å². The second kappa shape index (κ2) is 7.35. The zero-order valence-corrected chi connectivity index (χ0v) is 6.88. The molecule has 0 fully saturated rings. The van der Waals surface area contributed by atoms with E-state index >= 15 is 0 Å². The second-order valence-corrected chi connectivity index (χ2v) is 1.88. The fourth-order valence-electron chi connectivity index (χ4n) is 0.517. The molecule has 0 atom stereocenters. The molecule has 12 heavy (non-hydrogen) atoms. The second-order valence-electron chi connectivity index (χ2n) is 1.88. The number of aliphatic imine (C=N–C) groups is 1. The molecule has 2 N–H and O–H groups in total. The zero-order valence-electron chi connectivity index (χ0n) is 6.88. The predicted octanol–water partition coefficient (Wildman–Crippen LogP) is 0.375. The highest BCUT2D eigenvalue weighted by Gasteiger charge is 1.91. The smallest absolute Gasteiger partial charge is 0.205 e. The van der Waals surface area contributed by atoms with Crippen molar-refractivity contribution < 1.29 is 0 Å². The largest absolute Gasteiger partial charge is 0.352 e. The molecule has 4 heteroatoms. The van der Waals surface area contributed by atoms with Crippen LogP contribution in [0.2, 0.25) is 0 Å². The Morgan fingerprint density at radius 1 is 1.50 bits per heavy atom. The lowest BCUT2D eigenvalue weighted by atomic mass is 10.6. The highest BCUT2D eigenvalue weighted by Crippen LogP contribution is 1.73. The summed E-state index contributed by atoms with van der Waals surface area (Å²) in [5, 5.41) is 13.6. The van der Waals surface area contributed by atoms with E-state index in [1.165, 1.54) is 0 Å². The van der Waals surface area contributed by atoms with Gasteiger partial charge in [0.1, 0.15) is 0 Å². The van der Waals surface area contributed by atoms with Crippen LogP contribution in [0, 0.1) is 11.5 Å². The minimum atomic E-state index is 0.442. The van der Waals surface area contributed by atoms with E-state index in [4.69, 9.17) is 5.26 Å². The molecular weight excluding hydrogens is 152 g/mol. The SMILES string of the molecule is C=CCN=C(NC#N)NCC=C. The molecule has 0 saturated heterocycles. The Kier molecular flexibility index (Phi) is 6.27. The molecule has 0 rings (SSSR count). The number of guanidine groups is 1. The van der Waals surface area contributed by atoms with Crippen molar-refractivity contribution in [2.75, 3.05) is 13.1 Å². The first-order chi connectivity index (χ1) is 5.85. The van der Waals surface area contributed by atoms with Crippen LogP contribution in [0.1, 0.15) is 0 Å². The summed E-state index contributed by atoms with van der Waals surface area (Å²) in [6.07, 6.45) is 5.10. The van der Waals surface area contributed by atoms with Crippen molar-refractivity contribution in [3.8, 4) is 6.19 Å². The molecule has 0 heterocycles. The molecule has 0 radical (unpaired) electrons. The molecule has 0 spiro atoms. The van der Waals surface area contributed by atoms with Gasteiger partial charge in [0, 0.05) is 6.54 Å². The van der Waals surface area contributed by atoms with Crippen LogP contribution in [0.5, 0.6) is 0 Å². The molecule has 0 saturated carbocycles. The Bertz CT molecular complexity index is 212. The van der Waals surface area contributed by atoms with Crippen molar-refractivity contribution in [3.63, 3.8) is 0 Å². The van der Waals surface area contributed by atoms with Crippen LogP contribution in [-0.2, 0) is 0 Å². The lowest BCUT2D eigenvalue weighted by molar-refractivity contribution is 0.967. The third kappa shape index (κ3) is 5.06. The van der Waals surface area contributed by atoms with Crippen molar-refractivity contribution in [1.29, 1.82) is 5.26 Å². The summed E-state index contributed by atoms with van der Waals surface area (Å²) in [5.74, 6) is 0.442. The Hall–Kier alpha value is -1.76. The molecule has 0 aromatic heterocycles. The fraction of sp³-hybridized carbons (Fsp3) is 0.250. The van der Waals surface area contributed by atoms with Gasteiger partial charge in [0.2, 0.25) is 5.96 Å². The summed E-state index contributed by atoms with van der Waals surface area (Å²) in [5.41, 5.74) is 0. The van der Waals surface area contributed by atoms with Gasteiger partial charge in [-0.1, -0.05) is 12.2 Å². The van der Waals surface area contributed by atoms with Crippen LogP contribution in [0.4, 0.5) is 0 Å². The Morgan fingerprint density at radius 2 is 2.25 bits per heavy atom. The Labute approximate surface area is 72.3 Å². The number of nitrogens with one attached hydrogen (secondary N) is 2. The van der Waals surface area contributed by atoms with Crippen LogP contribution in [0.25, 0.3) is 0 Å². The third-order valence-corrected chi connectivity index (χ3v) is 0.967. The number of nitriles is 1. The molecule has 0 aliphatic heterocycles. The van der Waals surface area contributed by atoms with Crippen LogP contribution in [0.3, 0.4) is 0 Å². The van der Waals surface area contributed by atoms with E-state index in [-0.39, 0.29) is 0 Å². The normalized spacial score (nSPS) is 9.75. The molecule has 0 bridgehead atoms. The lowest BCUT2D eigenvalue weighted by Gasteiger charge is -2.03. The van der Waals surface area contributed by atoms with Gasteiger partial charge in [0.25, 0.3) is 0 Å². The molecule has 0 amide bonds. The van der Waals surface area contributed by atoms with Crippen LogP contribution in [-0.4, -0.2) is 19.0 Å². The summed E-state index contributed by atoms with van der Waals surface area (Å²) in [7, 11) is 0. The summed E-state index contributed by atoms with van der Waals surface area (Å²) >= 11 is 0. The third-order valence-electron chi connectivity index (χ3n) is 0.967. The molecule has 0 aromatic rings. The first-order valence-corrected chi connectivity index (χ1v) is 3.50. The lowest BCUT2D eigenvalue weighted by Crippen LogP contribution is -2.34. The molecule has 0 aliphatic rings. The topological polar surface area (TPSA) is 60.2 Å². The average molecular weight is 164 g/mol. The molecular formula is C8H12N4. The van der Waals surface area contributed by atoms with Gasteiger partial charge in [0.15, 0.2) is 6.19 Å². The van der Waals surface area contributed by atoms with Gasteiger partial charge in [-0.25, -0.2) is 4.99 Å². The monoisotopic (exact) mass is 164 g/mol. The van der Waals surface area contributed by atoms with Gasteiger partial charge in [-0.15, -0.1) is 13.2 Å². The van der Waals surface area contributed by atoms with E-state index in [1.54, 1.807) is 18.3 Å². The average Bonchev–Trinajstić information content (AvgIpc) is 2.10. The van der Waals surface area contributed by atoms with Crippen LogP contribution >= 0.6 is 0 Å². The summed E-state index contributed by atoms with van der Waals surface area (Å²) in [4.78, 5) is 3.98. The quantitative estimate of drug-likeness (QED) is 0.207. The minimum Gasteiger partial charge on any atom is -0.352 e. The Morgan fingerprint density at radius 3 is 2.75 bits per heavy atom. The van der Waals surface area contributed by atoms with E-state index in [0.29, 0.717) is 19.0 Å². The number of hydrogen-bond donors (Lipinski definition) is 2. The number of rotatable bonds is 4. The Balaban J connectivity index is 3.93. The van der Waals surface area contributed by atoms with E-state index < -0.39 is 0 Å². The summed E-state index contributed by atoms with van der Waals surface area (Å²) in [6, 6.07) is 0. The summed E-state index contributed by atoms with van der Waals surface area (Å²) < 4.78 is 0. The number of nitrogens with zero attached hydrogens (tertiary/aromatic N) is 2. The maximum absolute atomic E-state index is 8.30. The first kappa shape index (κ1) is 10.2. The first-order valence-electron chi connectivity index (χ1n) is 3.50. The van der Waals surface area contributed by atoms with E-state index in [0.717, 1.165) is 0 Å².